The largest absolute Gasteiger partial charge is 0.452 e. The highest BCUT2D eigenvalue weighted by Gasteiger charge is 2.24. The highest BCUT2D eigenvalue weighted by atomic mass is 16.6. The van der Waals surface area contributed by atoms with Gasteiger partial charge >= 0.3 is 5.97 Å². The van der Waals surface area contributed by atoms with E-state index < -0.39 is 23.4 Å². The van der Waals surface area contributed by atoms with Crippen molar-refractivity contribution in [1.82, 2.24) is 5.32 Å². The molecular formula is C15H20N2O5. The predicted molar refractivity (Wildman–Crippen MR) is 80.6 cm³/mol. The van der Waals surface area contributed by atoms with Gasteiger partial charge in [-0.1, -0.05) is 25.5 Å². The number of benzene rings is 1. The van der Waals surface area contributed by atoms with E-state index in [1.165, 1.54) is 25.1 Å². The Morgan fingerprint density at radius 3 is 2.68 bits per heavy atom. The number of nitrogens with zero attached hydrogens (tertiary/aromatic N) is 1. The minimum Gasteiger partial charge on any atom is -0.452 e. The highest BCUT2D eigenvalue weighted by molar-refractivity contribution is 5.95. The fourth-order valence-electron chi connectivity index (χ4n) is 2.10. The van der Waals surface area contributed by atoms with E-state index in [1.54, 1.807) is 0 Å². The minimum absolute atomic E-state index is 0.00971. The minimum atomic E-state index is -0.881. The Labute approximate surface area is 128 Å². The first-order valence-electron chi connectivity index (χ1n) is 7.07. The molecule has 1 rings (SSSR count). The topological polar surface area (TPSA) is 98.5 Å². The first-order chi connectivity index (χ1) is 10.4. The lowest BCUT2D eigenvalue weighted by atomic mass is 10.1. The van der Waals surface area contributed by atoms with Crippen LogP contribution in [0.4, 0.5) is 5.69 Å². The van der Waals surface area contributed by atoms with Crippen molar-refractivity contribution in [2.45, 2.75) is 39.7 Å². The molecule has 0 bridgehead atoms. The summed E-state index contributed by atoms with van der Waals surface area (Å²) in [4.78, 5) is 34.0. The number of esters is 1. The maximum Gasteiger partial charge on any atom is 0.345 e. The number of aryl methyl sites for hydroxylation is 1. The fourth-order valence-corrected chi connectivity index (χ4v) is 2.10. The number of ether oxygens (including phenoxy) is 1. The number of para-hydroxylation sites is 1. The van der Waals surface area contributed by atoms with Crippen molar-refractivity contribution in [3.05, 3.63) is 39.4 Å². The number of nitro groups is 1. The maximum atomic E-state index is 11.9. The van der Waals surface area contributed by atoms with Gasteiger partial charge in [-0.2, -0.15) is 0 Å². The van der Waals surface area contributed by atoms with E-state index in [0.29, 0.717) is 5.56 Å². The van der Waals surface area contributed by atoms with Crippen molar-refractivity contribution in [3.63, 3.8) is 0 Å². The van der Waals surface area contributed by atoms with E-state index in [-0.39, 0.29) is 17.3 Å². The molecule has 0 radical (unpaired) electrons. The molecule has 0 unspecified atom stereocenters. The van der Waals surface area contributed by atoms with Crippen LogP contribution in [0, 0.1) is 17.0 Å². The van der Waals surface area contributed by atoms with Gasteiger partial charge in [-0.3, -0.25) is 14.9 Å². The lowest BCUT2D eigenvalue weighted by Crippen LogP contribution is -2.35. The molecule has 1 aromatic carbocycles. The molecular weight excluding hydrogens is 288 g/mol. The van der Waals surface area contributed by atoms with Gasteiger partial charge in [0.25, 0.3) is 11.6 Å². The second kappa shape index (κ2) is 8.11. The third-order valence-corrected chi connectivity index (χ3v) is 3.10. The lowest BCUT2D eigenvalue weighted by molar-refractivity contribution is -0.385. The molecule has 0 aliphatic rings. The Hall–Kier alpha value is -2.44. The molecule has 0 saturated heterocycles. The van der Waals surface area contributed by atoms with Crippen LogP contribution in [-0.2, 0) is 9.53 Å². The molecule has 0 spiro atoms. The van der Waals surface area contributed by atoms with Crippen molar-refractivity contribution in [1.29, 1.82) is 0 Å². The Morgan fingerprint density at radius 2 is 2.09 bits per heavy atom. The third kappa shape index (κ3) is 4.83. The first-order valence-corrected chi connectivity index (χ1v) is 7.07. The number of hydrogen-bond donors (Lipinski definition) is 1. The van der Waals surface area contributed by atoms with Gasteiger partial charge in [0.2, 0.25) is 0 Å². The summed E-state index contributed by atoms with van der Waals surface area (Å²) in [5, 5.41) is 13.7. The van der Waals surface area contributed by atoms with Gasteiger partial charge in [0, 0.05) is 11.6 Å². The summed E-state index contributed by atoms with van der Waals surface area (Å²) in [6, 6.07) is 4.37. The summed E-state index contributed by atoms with van der Waals surface area (Å²) in [7, 11) is 0. The summed E-state index contributed by atoms with van der Waals surface area (Å²) >= 11 is 0. The van der Waals surface area contributed by atoms with Crippen molar-refractivity contribution in [2.24, 2.45) is 0 Å². The molecule has 0 heterocycles. The summed E-state index contributed by atoms with van der Waals surface area (Å²) in [5.41, 5.74) is -0.0906. The van der Waals surface area contributed by atoms with Crippen LogP contribution < -0.4 is 5.32 Å². The molecule has 22 heavy (non-hydrogen) atoms. The molecule has 7 nitrogen and oxygen atoms in total. The zero-order chi connectivity index (χ0) is 16.7. The SMILES string of the molecule is CCC[C@@H](C)NC(=O)COC(=O)c1cccc(C)c1[N+](=O)[O-]. The number of nitro benzene ring substituents is 1. The average Bonchev–Trinajstić information content (AvgIpc) is 2.44. The molecule has 1 amide bonds. The Bertz CT molecular complexity index is 571. The maximum absolute atomic E-state index is 11.9. The van der Waals surface area contributed by atoms with Gasteiger partial charge < -0.3 is 10.1 Å². The van der Waals surface area contributed by atoms with Crippen LogP contribution in [0.1, 0.15) is 42.6 Å². The van der Waals surface area contributed by atoms with Crippen LogP contribution >= 0.6 is 0 Å². The molecule has 0 fully saturated rings. The standard InChI is InChI=1S/C15H20N2O5/c1-4-6-11(3)16-13(18)9-22-15(19)12-8-5-7-10(2)14(12)17(20)21/h5,7-8,11H,4,6,9H2,1-3H3,(H,16,18)/t11-/m1/s1. The fraction of sp³-hybridized carbons (Fsp3) is 0.467. The second-order valence-electron chi connectivity index (χ2n) is 5.06. The van der Waals surface area contributed by atoms with Crippen molar-refractivity contribution >= 4 is 17.6 Å². The van der Waals surface area contributed by atoms with Gasteiger partial charge in [-0.05, 0) is 26.3 Å². The Morgan fingerprint density at radius 1 is 1.41 bits per heavy atom. The molecule has 7 heteroatoms. The van der Waals surface area contributed by atoms with Gasteiger partial charge in [0.15, 0.2) is 6.61 Å². The summed E-state index contributed by atoms with van der Waals surface area (Å²) < 4.78 is 4.86. The van der Waals surface area contributed by atoms with Crippen LogP contribution in [-0.4, -0.2) is 29.4 Å². The van der Waals surface area contributed by atoms with Gasteiger partial charge in [0.05, 0.1) is 4.92 Å². The summed E-state index contributed by atoms with van der Waals surface area (Å²) in [6.45, 7) is 4.93. The lowest BCUT2D eigenvalue weighted by Gasteiger charge is -2.12. The molecule has 0 aliphatic carbocycles. The monoisotopic (exact) mass is 308 g/mol. The second-order valence-corrected chi connectivity index (χ2v) is 5.06. The molecule has 120 valence electrons. The number of rotatable bonds is 7. The van der Waals surface area contributed by atoms with E-state index in [1.807, 2.05) is 13.8 Å². The van der Waals surface area contributed by atoms with E-state index in [0.717, 1.165) is 12.8 Å². The van der Waals surface area contributed by atoms with Crippen molar-refractivity contribution in [3.8, 4) is 0 Å². The van der Waals surface area contributed by atoms with Crippen molar-refractivity contribution < 1.29 is 19.2 Å². The quantitative estimate of drug-likeness (QED) is 0.473. The van der Waals surface area contributed by atoms with Crippen LogP contribution in [0.2, 0.25) is 0 Å². The van der Waals surface area contributed by atoms with Crippen LogP contribution in [0.3, 0.4) is 0 Å². The average molecular weight is 308 g/mol. The van der Waals surface area contributed by atoms with Crippen LogP contribution in [0.25, 0.3) is 0 Å². The Balaban J connectivity index is 2.69. The first kappa shape index (κ1) is 17.6. The predicted octanol–water partition coefficient (Wildman–Crippen LogP) is 2.36. The number of amides is 1. The van der Waals surface area contributed by atoms with Gasteiger partial charge in [-0.15, -0.1) is 0 Å². The summed E-state index contributed by atoms with van der Waals surface area (Å²) in [6.07, 6.45) is 1.75. The van der Waals surface area contributed by atoms with E-state index in [9.17, 15) is 19.7 Å². The molecule has 0 aliphatic heterocycles. The number of carbonyl (C=O) groups is 2. The Kier molecular flexibility index (Phi) is 6.49. The molecule has 0 saturated carbocycles. The smallest absolute Gasteiger partial charge is 0.345 e. The molecule has 1 N–H and O–H groups in total. The van der Waals surface area contributed by atoms with Gasteiger partial charge in [-0.25, -0.2) is 4.79 Å². The highest BCUT2D eigenvalue weighted by Crippen LogP contribution is 2.23. The van der Waals surface area contributed by atoms with Gasteiger partial charge in [0.1, 0.15) is 5.56 Å². The van der Waals surface area contributed by atoms with Crippen LogP contribution in [0.15, 0.2) is 18.2 Å². The van der Waals surface area contributed by atoms with E-state index >= 15 is 0 Å². The molecule has 1 aromatic rings. The molecule has 0 aromatic heterocycles. The van der Waals surface area contributed by atoms with Crippen molar-refractivity contribution in [2.75, 3.05) is 6.61 Å². The zero-order valence-corrected chi connectivity index (χ0v) is 12.9. The summed E-state index contributed by atoms with van der Waals surface area (Å²) in [5.74, 6) is -1.31. The number of nitrogens with one attached hydrogen (secondary N) is 1. The number of carbonyl (C=O) groups excluding carboxylic acids is 2. The van der Waals surface area contributed by atoms with Crippen LogP contribution in [0.5, 0.6) is 0 Å². The van der Waals surface area contributed by atoms with E-state index in [2.05, 4.69) is 5.32 Å². The zero-order valence-electron chi connectivity index (χ0n) is 12.9. The van der Waals surface area contributed by atoms with E-state index in [4.69, 9.17) is 4.74 Å². The third-order valence-electron chi connectivity index (χ3n) is 3.10. The molecule has 1 atom stereocenters. The normalized spacial score (nSPS) is 11.6. The number of hydrogen-bond acceptors (Lipinski definition) is 5.